The van der Waals surface area contributed by atoms with E-state index in [1.165, 1.54) is 42.8 Å². The Morgan fingerprint density at radius 3 is 2.64 bits per heavy atom. The van der Waals surface area contributed by atoms with Crippen LogP contribution in [0, 0.1) is 0 Å². The van der Waals surface area contributed by atoms with Gasteiger partial charge in [0.1, 0.15) is 18.5 Å². The number of hydrogen-bond acceptors (Lipinski definition) is 7. The molecule has 10 heteroatoms. The van der Waals surface area contributed by atoms with Gasteiger partial charge in [0.25, 0.3) is 0 Å². The van der Waals surface area contributed by atoms with E-state index in [-0.39, 0.29) is 30.2 Å². The summed E-state index contributed by atoms with van der Waals surface area (Å²) in [6.45, 7) is -0.101. The molecule has 0 aliphatic rings. The molecule has 0 saturated carbocycles. The molecular formula is C23H18ClN5O4. The SMILES string of the molecule is COC(=O)Cn1cc(C(=O)c2cncc(NC(=O)Cc3ccc(Cl)cc3)c2)c2cncnc21. The molecule has 0 bridgehead atoms. The number of halogens is 1. The predicted octanol–water partition coefficient (Wildman–Crippen LogP) is 3.06. The lowest BCUT2D eigenvalue weighted by Gasteiger charge is -2.07. The Hall–Kier alpha value is -4.11. The standard InChI is InChI=1S/C23H18ClN5O4/c1-33-21(31)12-29-11-19(18-10-26-13-27-23(18)29)22(32)15-7-17(9-25-8-15)28-20(30)6-14-2-4-16(24)5-3-14/h2-5,7-11,13H,6,12H2,1H3,(H,28,30). The van der Waals surface area contributed by atoms with E-state index in [1.54, 1.807) is 30.3 Å². The molecule has 9 nitrogen and oxygen atoms in total. The maximum atomic E-state index is 13.2. The van der Waals surface area contributed by atoms with E-state index < -0.39 is 5.97 Å². The quantitative estimate of drug-likeness (QED) is 0.330. The fraction of sp³-hybridized carbons (Fsp3) is 0.130. The number of pyridine rings is 1. The van der Waals surface area contributed by atoms with Crippen molar-refractivity contribution in [1.82, 2.24) is 19.5 Å². The molecule has 33 heavy (non-hydrogen) atoms. The molecule has 1 amide bonds. The molecule has 3 heterocycles. The molecule has 0 atom stereocenters. The Balaban J connectivity index is 1.56. The second kappa shape index (κ2) is 9.58. The third kappa shape index (κ3) is 5.04. The third-order valence-electron chi connectivity index (χ3n) is 4.87. The van der Waals surface area contributed by atoms with Gasteiger partial charge in [0.15, 0.2) is 5.78 Å². The smallest absolute Gasteiger partial charge is 0.325 e. The minimum atomic E-state index is -0.475. The van der Waals surface area contributed by atoms with Crippen LogP contribution in [0.15, 0.2) is 61.4 Å². The summed E-state index contributed by atoms with van der Waals surface area (Å²) < 4.78 is 6.24. The summed E-state index contributed by atoms with van der Waals surface area (Å²) in [4.78, 5) is 49.6. The van der Waals surface area contributed by atoms with Crippen molar-refractivity contribution in [2.45, 2.75) is 13.0 Å². The van der Waals surface area contributed by atoms with E-state index in [0.29, 0.717) is 27.3 Å². The minimum absolute atomic E-state index is 0.101. The molecule has 0 aliphatic heterocycles. The molecule has 0 saturated heterocycles. The summed E-state index contributed by atoms with van der Waals surface area (Å²) in [6, 6.07) is 8.51. The van der Waals surface area contributed by atoms with Gasteiger partial charge < -0.3 is 14.6 Å². The van der Waals surface area contributed by atoms with Crippen molar-refractivity contribution in [3.63, 3.8) is 0 Å². The third-order valence-corrected chi connectivity index (χ3v) is 5.12. The summed E-state index contributed by atoms with van der Waals surface area (Å²) in [5, 5.41) is 3.83. The molecule has 4 aromatic rings. The minimum Gasteiger partial charge on any atom is -0.468 e. The van der Waals surface area contributed by atoms with Crippen molar-refractivity contribution in [2.24, 2.45) is 0 Å². The molecule has 1 N–H and O–H groups in total. The lowest BCUT2D eigenvalue weighted by atomic mass is 10.1. The molecule has 166 valence electrons. The number of nitrogens with zero attached hydrogens (tertiary/aromatic N) is 4. The van der Waals surface area contributed by atoms with Crippen LogP contribution in [0.1, 0.15) is 21.5 Å². The Labute approximate surface area is 193 Å². The highest BCUT2D eigenvalue weighted by Crippen LogP contribution is 2.23. The van der Waals surface area contributed by atoms with Gasteiger partial charge in [0.2, 0.25) is 5.91 Å². The fourth-order valence-electron chi connectivity index (χ4n) is 3.31. The Morgan fingerprint density at radius 1 is 1.09 bits per heavy atom. The molecule has 4 rings (SSSR count). The van der Waals surface area contributed by atoms with Gasteiger partial charge in [0, 0.05) is 34.6 Å². The number of benzene rings is 1. The highest BCUT2D eigenvalue weighted by Gasteiger charge is 2.20. The van der Waals surface area contributed by atoms with Gasteiger partial charge in [0.05, 0.1) is 31.0 Å². The molecule has 0 radical (unpaired) electrons. The Bertz CT molecular complexity index is 1350. The molecule has 1 aromatic carbocycles. The topological polar surface area (TPSA) is 116 Å². The van der Waals surface area contributed by atoms with Crippen LogP contribution in [0.3, 0.4) is 0 Å². The summed E-state index contributed by atoms with van der Waals surface area (Å²) in [5.41, 5.74) is 2.19. The lowest BCUT2D eigenvalue weighted by molar-refractivity contribution is -0.141. The van der Waals surface area contributed by atoms with Crippen molar-refractivity contribution in [3.05, 3.63) is 83.2 Å². The second-order valence-electron chi connectivity index (χ2n) is 7.15. The van der Waals surface area contributed by atoms with Gasteiger partial charge in [-0.15, -0.1) is 0 Å². The van der Waals surface area contributed by atoms with E-state index in [9.17, 15) is 14.4 Å². The van der Waals surface area contributed by atoms with Gasteiger partial charge in [-0.05, 0) is 23.8 Å². The van der Waals surface area contributed by atoms with Gasteiger partial charge >= 0.3 is 5.97 Å². The van der Waals surface area contributed by atoms with Crippen LogP contribution >= 0.6 is 11.6 Å². The number of nitrogens with one attached hydrogen (secondary N) is 1. The number of carbonyl (C=O) groups excluding carboxylic acids is 3. The van der Waals surface area contributed by atoms with E-state index in [2.05, 4.69) is 20.3 Å². The molecule has 0 unspecified atom stereocenters. The van der Waals surface area contributed by atoms with Crippen molar-refractivity contribution < 1.29 is 19.1 Å². The number of carbonyl (C=O) groups is 3. The summed E-state index contributed by atoms with van der Waals surface area (Å²) in [7, 11) is 1.29. The summed E-state index contributed by atoms with van der Waals surface area (Å²) in [6.07, 6.45) is 7.39. The maximum Gasteiger partial charge on any atom is 0.325 e. The van der Waals surface area contributed by atoms with Gasteiger partial charge in [-0.1, -0.05) is 23.7 Å². The number of amides is 1. The Kier molecular flexibility index (Phi) is 6.41. The number of methoxy groups -OCH3 is 1. The number of rotatable bonds is 7. The summed E-state index contributed by atoms with van der Waals surface area (Å²) >= 11 is 5.87. The number of fused-ring (bicyclic) bond motifs is 1. The first-order chi connectivity index (χ1) is 15.9. The van der Waals surface area contributed by atoms with Crippen molar-refractivity contribution in [2.75, 3.05) is 12.4 Å². The number of hydrogen-bond donors (Lipinski definition) is 1. The Morgan fingerprint density at radius 2 is 1.88 bits per heavy atom. The normalized spacial score (nSPS) is 10.7. The summed E-state index contributed by atoms with van der Waals surface area (Å²) in [5.74, 6) is -1.08. The molecule has 0 fully saturated rings. The number of esters is 1. The monoisotopic (exact) mass is 463 g/mol. The average Bonchev–Trinajstić information content (AvgIpc) is 3.18. The first-order valence-electron chi connectivity index (χ1n) is 9.84. The molecule has 0 aliphatic carbocycles. The fourth-order valence-corrected chi connectivity index (χ4v) is 3.44. The maximum absolute atomic E-state index is 13.2. The van der Waals surface area contributed by atoms with Gasteiger partial charge in [-0.3, -0.25) is 19.4 Å². The zero-order valence-corrected chi connectivity index (χ0v) is 18.2. The van der Waals surface area contributed by atoms with E-state index >= 15 is 0 Å². The van der Waals surface area contributed by atoms with Crippen molar-refractivity contribution in [1.29, 1.82) is 0 Å². The lowest BCUT2D eigenvalue weighted by Crippen LogP contribution is -2.15. The van der Waals surface area contributed by atoms with Crippen LogP contribution in [0.4, 0.5) is 5.69 Å². The van der Waals surface area contributed by atoms with Crippen LogP contribution in [-0.4, -0.2) is 44.3 Å². The van der Waals surface area contributed by atoms with Crippen LogP contribution in [0.5, 0.6) is 0 Å². The molecule has 0 spiro atoms. The largest absolute Gasteiger partial charge is 0.468 e. The second-order valence-corrected chi connectivity index (χ2v) is 7.59. The highest BCUT2D eigenvalue weighted by molar-refractivity contribution is 6.30. The number of ether oxygens (including phenoxy) is 1. The molecular weight excluding hydrogens is 446 g/mol. The van der Waals surface area contributed by atoms with E-state index in [4.69, 9.17) is 16.3 Å². The van der Waals surface area contributed by atoms with Gasteiger partial charge in [-0.25, -0.2) is 9.97 Å². The number of anilines is 1. The zero-order chi connectivity index (χ0) is 23.4. The van der Waals surface area contributed by atoms with Crippen LogP contribution in [0.2, 0.25) is 5.02 Å². The number of aromatic nitrogens is 4. The van der Waals surface area contributed by atoms with Crippen molar-refractivity contribution >= 4 is 46.0 Å². The van der Waals surface area contributed by atoms with Crippen LogP contribution in [-0.2, 0) is 27.3 Å². The zero-order valence-electron chi connectivity index (χ0n) is 17.5. The van der Waals surface area contributed by atoms with Crippen molar-refractivity contribution in [3.8, 4) is 0 Å². The van der Waals surface area contributed by atoms with Gasteiger partial charge in [-0.2, -0.15) is 0 Å². The molecule has 3 aromatic heterocycles. The van der Waals surface area contributed by atoms with Crippen LogP contribution < -0.4 is 5.32 Å². The van der Waals surface area contributed by atoms with E-state index in [0.717, 1.165) is 5.56 Å². The van der Waals surface area contributed by atoms with Crippen LogP contribution in [0.25, 0.3) is 11.0 Å². The highest BCUT2D eigenvalue weighted by atomic mass is 35.5. The van der Waals surface area contributed by atoms with E-state index in [1.807, 2.05) is 0 Å². The predicted molar refractivity (Wildman–Crippen MR) is 121 cm³/mol. The first-order valence-corrected chi connectivity index (χ1v) is 10.2. The number of ketones is 1. The average molecular weight is 464 g/mol. The first kappa shape index (κ1) is 22.1.